The van der Waals surface area contributed by atoms with Gasteiger partial charge in [0.05, 0.1) is 11.1 Å². The summed E-state index contributed by atoms with van der Waals surface area (Å²) in [5.74, 6) is 0.232. The first kappa shape index (κ1) is 20.4. The van der Waals surface area contributed by atoms with Gasteiger partial charge in [-0.2, -0.15) is 0 Å². The maximum Gasteiger partial charge on any atom is 0.237 e. The predicted molar refractivity (Wildman–Crippen MR) is 101 cm³/mol. The molecule has 0 saturated carbocycles. The molecule has 4 nitrogen and oxygen atoms in total. The van der Waals surface area contributed by atoms with Crippen LogP contribution in [-0.4, -0.2) is 43.0 Å². The minimum absolute atomic E-state index is 0. The van der Waals surface area contributed by atoms with E-state index in [-0.39, 0.29) is 35.2 Å². The summed E-state index contributed by atoms with van der Waals surface area (Å²) in [4.78, 5) is 14.5. The molecular formula is C18H26Cl2FN3O. The van der Waals surface area contributed by atoms with Gasteiger partial charge in [0.25, 0.3) is 0 Å². The summed E-state index contributed by atoms with van der Waals surface area (Å²) in [5.41, 5.74) is 1.03. The molecule has 0 spiro atoms. The minimum atomic E-state index is -0.375. The van der Waals surface area contributed by atoms with E-state index in [0.29, 0.717) is 5.92 Å². The lowest BCUT2D eigenvalue weighted by Gasteiger charge is -2.33. The van der Waals surface area contributed by atoms with Gasteiger partial charge in [-0.3, -0.25) is 9.69 Å². The molecule has 0 bridgehead atoms. The SMILES string of the molecule is Cl.O=C(NCC1CCCN(Cc2ccc(F)c(Cl)c2)C1)C1CCCN1. The number of nitrogens with zero attached hydrogens (tertiary/aromatic N) is 1. The number of likely N-dealkylation sites (tertiary alicyclic amines) is 1. The van der Waals surface area contributed by atoms with Crippen LogP contribution in [0.4, 0.5) is 4.39 Å². The van der Waals surface area contributed by atoms with Crippen LogP contribution in [0.15, 0.2) is 18.2 Å². The number of carbonyl (C=O) groups is 1. The first-order valence-electron chi connectivity index (χ1n) is 8.79. The van der Waals surface area contributed by atoms with E-state index in [1.807, 2.05) is 0 Å². The van der Waals surface area contributed by atoms with Crippen LogP contribution < -0.4 is 10.6 Å². The predicted octanol–water partition coefficient (Wildman–Crippen LogP) is 2.98. The third-order valence-electron chi connectivity index (χ3n) is 4.94. The maximum atomic E-state index is 13.3. The molecule has 25 heavy (non-hydrogen) atoms. The second kappa shape index (κ2) is 9.72. The zero-order valence-electron chi connectivity index (χ0n) is 14.3. The number of carbonyl (C=O) groups excluding carboxylic acids is 1. The van der Waals surface area contributed by atoms with Crippen LogP contribution in [0.1, 0.15) is 31.2 Å². The average Bonchev–Trinajstić information content (AvgIpc) is 3.11. The lowest BCUT2D eigenvalue weighted by atomic mass is 9.97. The van der Waals surface area contributed by atoms with Crippen LogP contribution in [0.25, 0.3) is 0 Å². The van der Waals surface area contributed by atoms with Gasteiger partial charge >= 0.3 is 0 Å². The molecule has 2 atom stereocenters. The van der Waals surface area contributed by atoms with Crippen LogP contribution in [0.3, 0.4) is 0 Å². The number of nitrogens with one attached hydrogen (secondary N) is 2. The Labute approximate surface area is 159 Å². The Hall–Kier alpha value is -0.880. The molecule has 0 aliphatic carbocycles. The van der Waals surface area contributed by atoms with Gasteiger partial charge in [-0.15, -0.1) is 12.4 Å². The van der Waals surface area contributed by atoms with Crippen molar-refractivity contribution >= 4 is 29.9 Å². The smallest absolute Gasteiger partial charge is 0.237 e. The van der Waals surface area contributed by atoms with Crippen LogP contribution in [0.2, 0.25) is 5.02 Å². The highest BCUT2D eigenvalue weighted by Gasteiger charge is 2.24. The van der Waals surface area contributed by atoms with Gasteiger partial charge in [-0.25, -0.2) is 4.39 Å². The summed E-state index contributed by atoms with van der Waals surface area (Å²) in [6.07, 6.45) is 4.28. The van der Waals surface area contributed by atoms with E-state index in [2.05, 4.69) is 15.5 Å². The van der Waals surface area contributed by atoms with Crippen molar-refractivity contribution in [3.63, 3.8) is 0 Å². The zero-order valence-corrected chi connectivity index (χ0v) is 15.8. The van der Waals surface area contributed by atoms with E-state index >= 15 is 0 Å². The number of amides is 1. The van der Waals surface area contributed by atoms with Gasteiger partial charge in [-0.05, 0) is 62.4 Å². The number of piperidine rings is 1. The van der Waals surface area contributed by atoms with Gasteiger partial charge in [-0.1, -0.05) is 17.7 Å². The Kier molecular flexibility index (Phi) is 7.94. The van der Waals surface area contributed by atoms with Gasteiger partial charge in [0, 0.05) is 19.6 Å². The zero-order chi connectivity index (χ0) is 16.9. The molecule has 2 N–H and O–H groups in total. The van der Waals surface area contributed by atoms with Crippen molar-refractivity contribution < 1.29 is 9.18 Å². The number of hydrogen-bond donors (Lipinski definition) is 2. The first-order valence-corrected chi connectivity index (χ1v) is 9.17. The summed E-state index contributed by atoms with van der Waals surface area (Å²) < 4.78 is 13.3. The molecule has 0 aromatic heterocycles. The largest absolute Gasteiger partial charge is 0.354 e. The molecule has 2 saturated heterocycles. The van der Waals surface area contributed by atoms with Crippen LogP contribution in [-0.2, 0) is 11.3 Å². The van der Waals surface area contributed by atoms with Gasteiger partial charge in [0.2, 0.25) is 5.91 Å². The molecule has 1 amide bonds. The Bertz CT molecular complexity index is 581. The highest BCUT2D eigenvalue weighted by Crippen LogP contribution is 2.21. The fourth-order valence-electron chi connectivity index (χ4n) is 3.63. The molecular weight excluding hydrogens is 364 g/mol. The van der Waals surface area contributed by atoms with Crippen LogP contribution in [0.5, 0.6) is 0 Å². The molecule has 0 radical (unpaired) electrons. The maximum absolute atomic E-state index is 13.3. The van der Waals surface area contributed by atoms with Crippen molar-refractivity contribution in [1.29, 1.82) is 0 Å². The summed E-state index contributed by atoms with van der Waals surface area (Å²) in [7, 11) is 0. The highest BCUT2D eigenvalue weighted by molar-refractivity contribution is 6.30. The molecule has 2 aliphatic heterocycles. The van der Waals surface area contributed by atoms with E-state index in [1.54, 1.807) is 12.1 Å². The Morgan fingerprint density at radius 2 is 2.20 bits per heavy atom. The van der Waals surface area contributed by atoms with Crippen molar-refractivity contribution in [1.82, 2.24) is 15.5 Å². The van der Waals surface area contributed by atoms with Crippen LogP contribution >= 0.6 is 24.0 Å². The van der Waals surface area contributed by atoms with Crippen molar-refractivity contribution in [3.8, 4) is 0 Å². The third kappa shape index (κ3) is 5.81. The van der Waals surface area contributed by atoms with Crippen molar-refractivity contribution in [3.05, 3.63) is 34.6 Å². The first-order chi connectivity index (χ1) is 11.6. The third-order valence-corrected chi connectivity index (χ3v) is 5.22. The molecule has 2 heterocycles. The molecule has 2 fully saturated rings. The molecule has 7 heteroatoms. The normalized spacial score (nSPS) is 23.9. The molecule has 2 unspecified atom stereocenters. The van der Waals surface area contributed by atoms with E-state index < -0.39 is 0 Å². The molecule has 3 rings (SSSR count). The van der Waals surface area contributed by atoms with Crippen molar-refractivity contribution in [2.24, 2.45) is 5.92 Å². The standard InChI is InChI=1S/C18H25ClFN3O.ClH/c19-15-9-13(5-6-16(15)20)11-23-8-2-3-14(12-23)10-22-18(24)17-4-1-7-21-17;/h5-6,9,14,17,21H,1-4,7-8,10-12H2,(H,22,24);1H. The molecule has 1 aromatic rings. The van der Waals surface area contributed by atoms with E-state index in [1.165, 1.54) is 6.07 Å². The topological polar surface area (TPSA) is 44.4 Å². The minimum Gasteiger partial charge on any atom is -0.354 e. The summed E-state index contributed by atoms with van der Waals surface area (Å²) in [6, 6.07) is 4.91. The second-order valence-electron chi connectivity index (χ2n) is 6.89. The Morgan fingerprint density at radius 3 is 2.92 bits per heavy atom. The van der Waals surface area contributed by atoms with E-state index in [4.69, 9.17) is 11.6 Å². The summed E-state index contributed by atoms with van der Waals surface area (Å²) in [6.45, 7) is 4.43. The number of benzene rings is 1. The number of hydrogen-bond acceptors (Lipinski definition) is 3. The monoisotopic (exact) mass is 389 g/mol. The highest BCUT2D eigenvalue weighted by atomic mass is 35.5. The van der Waals surface area contributed by atoms with Crippen LogP contribution in [0, 0.1) is 11.7 Å². The number of rotatable bonds is 5. The van der Waals surface area contributed by atoms with Gasteiger partial charge < -0.3 is 10.6 Å². The van der Waals surface area contributed by atoms with E-state index in [0.717, 1.165) is 64.0 Å². The fourth-order valence-corrected chi connectivity index (χ4v) is 3.84. The van der Waals surface area contributed by atoms with Gasteiger partial charge in [0.15, 0.2) is 0 Å². The van der Waals surface area contributed by atoms with Crippen molar-refractivity contribution in [2.45, 2.75) is 38.3 Å². The summed E-state index contributed by atoms with van der Waals surface area (Å²) in [5, 5.41) is 6.50. The molecule has 140 valence electrons. The molecule has 1 aromatic carbocycles. The second-order valence-corrected chi connectivity index (χ2v) is 7.29. The quantitative estimate of drug-likeness (QED) is 0.813. The van der Waals surface area contributed by atoms with Crippen molar-refractivity contribution in [2.75, 3.05) is 26.2 Å². The van der Waals surface area contributed by atoms with E-state index in [9.17, 15) is 9.18 Å². The Balaban J connectivity index is 0.00000225. The lowest BCUT2D eigenvalue weighted by Crippen LogP contribution is -2.45. The Morgan fingerprint density at radius 1 is 1.36 bits per heavy atom. The molecule has 2 aliphatic rings. The number of halogens is 3. The van der Waals surface area contributed by atoms with Gasteiger partial charge in [0.1, 0.15) is 5.82 Å². The average molecular weight is 390 g/mol. The lowest BCUT2D eigenvalue weighted by molar-refractivity contribution is -0.123. The fraction of sp³-hybridized carbons (Fsp3) is 0.611. The summed E-state index contributed by atoms with van der Waals surface area (Å²) >= 11 is 5.86.